The fraction of sp³-hybridized carbons (Fsp3) is 0.476. The van der Waals surface area contributed by atoms with E-state index in [9.17, 15) is 14.4 Å². The van der Waals surface area contributed by atoms with E-state index in [1.807, 2.05) is 0 Å². The molecule has 0 unspecified atom stereocenters. The van der Waals surface area contributed by atoms with Crippen molar-refractivity contribution in [3.05, 3.63) is 22.6 Å². The van der Waals surface area contributed by atoms with E-state index in [0.717, 1.165) is 42.3 Å². The van der Waals surface area contributed by atoms with Gasteiger partial charge in [-0.3, -0.25) is 19.3 Å². The Morgan fingerprint density at radius 1 is 1.00 bits per heavy atom. The van der Waals surface area contributed by atoms with Crippen LogP contribution in [0.15, 0.2) is 17.0 Å². The summed E-state index contributed by atoms with van der Waals surface area (Å²) in [6.07, 6.45) is 5.67. The SMILES string of the molecule is COc1ccc(/C=C2/SC(=O)N(CC(=O)N3CCCCCC3)C2=O)c(OC)c1OC. The molecule has 1 aromatic carbocycles. The lowest BCUT2D eigenvalue weighted by atomic mass is 10.1. The lowest BCUT2D eigenvalue weighted by molar-refractivity contribution is -0.135. The van der Waals surface area contributed by atoms with Crippen LogP contribution >= 0.6 is 11.8 Å². The second-order valence-corrected chi connectivity index (χ2v) is 7.98. The third kappa shape index (κ3) is 4.56. The fourth-order valence-electron chi connectivity index (χ4n) is 3.57. The molecule has 9 heteroatoms. The van der Waals surface area contributed by atoms with Gasteiger partial charge in [-0.15, -0.1) is 0 Å². The van der Waals surface area contributed by atoms with E-state index in [1.54, 1.807) is 23.1 Å². The van der Waals surface area contributed by atoms with Crippen LogP contribution in [0, 0.1) is 0 Å². The number of ether oxygens (including phenoxy) is 3. The Kier molecular flexibility index (Phi) is 7.25. The maximum absolute atomic E-state index is 12.8. The first-order chi connectivity index (χ1) is 14.5. The average Bonchev–Trinajstić information content (AvgIpc) is 2.95. The van der Waals surface area contributed by atoms with E-state index in [-0.39, 0.29) is 17.4 Å². The van der Waals surface area contributed by atoms with Crippen molar-refractivity contribution in [3.8, 4) is 17.2 Å². The Morgan fingerprint density at radius 3 is 2.27 bits per heavy atom. The van der Waals surface area contributed by atoms with Crippen molar-refractivity contribution in [2.24, 2.45) is 0 Å². The third-order valence-electron chi connectivity index (χ3n) is 5.15. The Labute approximate surface area is 180 Å². The molecule has 0 spiro atoms. The van der Waals surface area contributed by atoms with E-state index in [0.29, 0.717) is 35.9 Å². The van der Waals surface area contributed by atoms with Crippen molar-refractivity contribution in [1.29, 1.82) is 0 Å². The number of hydrogen-bond donors (Lipinski definition) is 0. The summed E-state index contributed by atoms with van der Waals surface area (Å²) in [5.41, 5.74) is 0.569. The molecule has 0 aromatic heterocycles. The predicted octanol–water partition coefficient (Wildman–Crippen LogP) is 3.15. The zero-order valence-electron chi connectivity index (χ0n) is 17.4. The molecule has 2 heterocycles. The maximum Gasteiger partial charge on any atom is 0.294 e. The maximum atomic E-state index is 12.8. The Bertz CT molecular complexity index is 861. The summed E-state index contributed by atoms with van der Waals surface area (Å²) in [5.74, 6) is 0.602. The lowest BCUT2D eigenvalue weighted by Gasteiger charge is -2.22. The van der Waals surface area contributed by atoms with Gasteiger partial charge in [0.1, 0.15) is 6.54 Å². The van der Waals surface area contributed by atoms with Crippen LogP contribution in [0.3, 0.4) is 0 Å². The van der Waals surface area contributed by atoms with Crippen LogP contribution in [-0.4, -0.2) is 67.8 Å². The van der Waals surface area contributed by atoms with Gasteiger partial charge >= 0.3 is 0 Å². The highest BCUT2D eigenvalue weighted by Gasteiger charge is 2.37. The molecule has 30 heavy (non-hydrogen) atoms. The summed E-state index contributed by atoms with van der Waals surface area (Å²) in [6.45, 7) is 1.12. The van der Waals surface area contributed by atoms with Gasteiger partial charge in [-0.25, -0.2) is 0 Å². The summed E-state index contributed by atoms with van der Waals surface area (Å²) < 4.78 is 16.1. The Hall–Kier alpha value is -2.68. The van der Waals surface area contributed by atoms with E-state index in [2.05, 4.69) is 0 Å². The number of carbonyl (C=O) groups excluding carboxylic acids is 3. The molecule has 0 radical (unpaired) electrons. The van der Waals surface area contributed by atoms with Gasteiger partial charge in [0.25, 0.3) is 11.1 Å². The molecule has 2 aliphatic rings. The van der Waals surface area contributed by atoms with Crippen LogP contribution in [-0.2, 0) is 9.59 Å². The molecule has 0 saturated carbocycles. The number of methoxy groups -OCH3 is 3. The number of thioether (sulfide) groups is 1. The van der Waals surface area contributed by atoms with Crippen LogP contribution < -0.4 is 14.2 Å². The van der Waals surface area contributed by atoms with Crippen molar-refractivity contribution < 1.29 is 28.6 Å². The number of nitrogens with zero attached hydrogens (tertiary/aromatic N) is 2. The first-order valence-electron chi connectivity index (χ1n) is 9.82. The molecule has 3 amide bonds. The minimum absolute atomic E-state index is 0.191. The van der Waals surface area contributed by atoms with Crippen molar-refractivity contribution >= 4 is 34.9 Å². The van der Waals surface area contributed by atoms with Gasteiger partial charge in [-0.05, 0) is 42.8 Å². The topological polar surface area (TPSA) is 85.4 Å². The van der Waals surface area contributed by atoms with Gasteiger partial charge in [0.05, 0.1) is 26.2 Å². The van der Waals surface area contributed by atoms with Crippen molar-refractivity contribution in [3.63, 3.8) is 0 Å². The van der Waals surface area contributed by atoms with Crippen LogP contribution in [0.4, 0.5) is 4.79 Å². The summed E-state index contributed by atoms with van der Waals surface area (Å²) in [7, 11) is 4.50. The third-order valence-corrected chi connectivity index (χ3v) is 6.05. The monoisotopic (exact) mass is 434 g/mol. The number of imide groups is 1. The highest BCUT2D eigenvalue weighted by atomic mass is 32.2. The zero-order valence-corrected chi connectivity index (χ0v) is 18.3. The number of likely N-dealkylation sites (tertiary alicyclic amines) is 1. The largest absolute Gasteiger partial charge is 0.493 e. The van der Waals surface area contributed by atoms with Gasteiger partial charge in [0.2, 0.25) is 11.7 Å². The van der Waals surface area contributed by atoms with Crippen LogP contribution in [0.5, 0.6) is 17.2 Å². The molecule has 1 aromatic rings. The molecule has 0 bridgehead atoms. The van der Waals surface area contributed by atoms with Gasteiger partial charge in [-0.1, -0.05) is 12.8 Å². The number of carbonyl (C=O) groups is 3. The van der Waals surface area contributed by atoms with E-state index in [4.69, 9.17) is 14.2 Å². The Morgan fingerprint density at radius 2 is 1.67 bits per heavy atom. The molecule has 162 valence electrons. The first kappa shape index (κ1) is 22.0. The molecular formula is C21H26N2O6S. The quantitative estimate of drug-likeness (QED) is 0.636. The smallest absolute Gasteiger partial charge is 0.294 e. The molecular weight excluding hydrogens is 408 g/mol. The minimum atomic E-state index is -0.481. The minimum Gasteiger partial charge on any atom is -0.493 e. The number of benzene rings is 1. The molecule has 0 aliphatic carbocycles. The van der Waals surface area contributed by atoms with Gasteiger partial charge < -0.3 is 19.1 Å². The molecule has 3 rings (SSSR count). The predicted molar refractivity (Wildman–Crippen MR) is 114 cm³/mol. The number of rotatable bonds is 6. The summed E-state index contributed by atoms with van der Waals surface area (Å²) in [6, 6.07) is 3.41. The average molecular weight is 435 g/mol. The Balaban J connectivity index is 1.80. The molecule has 2 fully saturated rings. The van der Waals surface area contributed by atoms with Gasteiger partial charge in [0.15, 0.2) is 11.5 Å². The summed E-state index contributed by atoms with van der Waals surface area (Å²) in [5, 5.41) is -0.450. The molecule has 0 N–H and O–H groups in total. The summed E-state index contributed by atoms with van der Waals surface area (Å²) >= 11 is 0.812. The normalized spacial score (nSPS) is 18.6. The van der Waals surface area contributed by atoms with Gasteiger partial charge in [0, 0.05) is 18.7 Å². The number of hydrogen-bond acceptors (Lipinski definition) is 7. The van der Waals surface area contributed by atoms with Crippen molar-refractivity contribution in [2.45, 2.75) is 25.7 Å². The highest BCUT2D eigenvalue weighted by molar-refractivity contribution is 8.18. The van der Waals surface area contributed by atoms with Gasteiger partial charge in [-0.2, -0.15) is 0 Å². The zero-order chi connectivity index (χ0) is 21.7. The van der Waals surface area contributed by atoms with Crippen LogP contribution in [0.1, 0.15) is 31.2 Å². The highest BCUT2D eigenvalue weighted by Crippen LogP contribution is 2.42. The fourth-order valence-corrected chi connectivity index (χ4v) is 4.40. The molecule has 2 aliphatic heterocycles. The summed E-state index contributed by atoms with van der Waals surface area (Å²) in [4.78, 5) is 40.9. The molecule has 8 nitrogen and oxygen atoms in total. The standard InChI is InChI=1S/C21H26N2O6S/c1-27-15-9-8-14(18(28-2)19(15)29-3)12-16-20(25)23(21(26)30-16)13-17(24)22-10-6-4-5-7-11-22/h8-9,12H,4-7,10-11,13H2,1-3H3/b16-12+. The first-order valence-corrected chi connectivity index (χ1v) is 10.6. The van der Waals surface area contributed by atoms with Crippen molar-refractivity contribution in [2.75, 3.05) is 41.0 Å². The second kappa shape index (κ2) is 9.88. The van der Waals surface area contributed by atoms with Crippen LogP contribution in [0.2, 0.25) is 0 Å². The molecule has 2 saturated heterocycles. The van der Waals surface area contributed by atoms with E-state index >= 15 is 0 Å². The van der Waals surface area contributed by atoms with Crippen molar-refractivity contribution in [1.82, 2.24) is 9.80 Å². The van der Waals surface area contributed by atoms with E-state index in [1.165, 1.54) is 21.3 Å². The lowest BCUT2D eigenvalue weighted by Crippen LogP contribution is -2.42. The second-order valence-electron chi connectivity index (χ2n) is 6.99. The van der Waals surface area contributed by atoms with E-state index < -0.39 is 11.1 Å². The van der Waals surface area contributed by atoms with Crippen LogP contribution in [0.25, 0.3) is 6.08 Å². The molecule has 0 atom stereocenters. The number of amides is 3.